The zero-order chi connectivity index (χ0) is 22.5. The molecule has 1 aliphatic carbocycles. The van der Waals surface area contributed by atoms with Crippen molar-refractivity contribution < 1.29 is 9.18 Å². The van der Waals surface area contributed by atoms with Gasteiger partial charge in [0, 0.05) is 27.9 Å². The van der Waals surface area contributed by atoms with E-state index in [1.54, 1.807) is 16.8 Å². The van der Waals surface area contributed by atoms with Crippen LogP contribution in [0.15, 0.2) is 69.4 Å². The number of halogens is 2. The molecule has 32 heavy (non-hydrogen) atoms. The zero-order valence-electron chi connectivity index (χ0n) is 17.7. The number of Topliss-reactive ketones (excluding diaryl/α,β-unsaturated/α-hetero) is 1. The Bertz CT molecular complexity index is 1240. The van der Waals surface area contributed by atoms with Crippen LogP contribution in [0.1, 0.15) is 43.9 Å². The molecule has 2 aliphatic rings. The molecule has 164 valence electrons. The van der Waals surface area contributed by atoms with E-state index in [2.05, 4.69) is 40.1 Å². The second-order valence-electron chi connectivity index (χ2n) is 8.95. The van der Waals surface area contributed by atoms with Gasteiger partial charge >= 0.3 is 0 Å². The maximum absolute atomic E-state index is 14.0. The van der Waals surface area contributed by atoms with Crippen LogP contribution in [-0.4, -0.2) is 20.5 Å². The number of carbonyl (C=O) groups excluding carboxylic acids is 1. The fraction of sp³-hybridized carbons (Fsp3) is 0.292. The predicted octanol–water partition coefficient (Wildman–Crippen LogP) is 6.13. The molecule has 1 atom stereocenters. The summed E-state index contributed by atoms with van der Waals surface area (Å²) < 4.78 is 16.8. The number of hydrogen-bond acceptors (Lipinski definition) is 5. The van der Waals surface area contributed by atoms with Gasteiger partial charge in [-0.25, -0.2) is 9.07 Å². The van der Waals surface area contributed by atoms with Crippen molar-refractivity contribution in [2.45, 2.75) is 43.6 Å². The summed E-state index contributed by atoms with van der Waals surface area (Å²) in [4.78, 5) is 17.9. The van der Waals surface area contributed by atoms with Crippen molar-refractivity contribution in [3.63, 3.8) is 0 Å². The van der Waals surface area contributed by atoms with E-state index in [9.17, 15) is 9.18 Å². The number of thioether (sulfide) groups is 1. The summed E-state index contributed by atoms with van der Waals surface area (Å²) in [5, 5.41) is 8.65. The van der Waals surface area contributed by atoms with E-state index < -0.39 is 0 Å². The number of carbonyl (C=O) groups is 1. The molecule has 0 saturated carbocycles. The Morgan fingerprint density at radius 3 is 2.69 bits per heavy atom. The Hall–Kier alpha value is -2.45. The highest BCUT2D eigenvalue weighted by Gasteiger charge is 2.41. The minimum atomic E-state index is -0.340. The van der Waals surface area contributed by atoms with Gasteiger partial charge in [0.2, 0.25) is 11.1 Å². The standard InChI is InChI=1S/C24H22BrFN4OS/c1-24(2)11-18-20(19(31)12-24)21(14-7-9-16(25)10-8-14)30-22(27-18)28-23(29-30)32-13-15-5-3-4-6-17(15)26/h3-10,21H,11-13H2,1-2H3,(H,27,28,29)/t21-/m1/s1. The largest absolute Gasteiger partial charge is 0.328 e. The Kier molecular flexibility index (Phi) is 5.45. The molecule has 1 N–H and O–H groups in total. The maximum atomic E-state index is 14.0. The number of aromatic nitrogens is 3. The number of anilines is 1. The van der Waals surface area contributed by atoms with Crippen LogP contribution in [-0.2, 0) is 10.5 Å². The van der Waals surface area contributed by atoms with Gasteiger partial charge in [0.15, 0.2) is 5.78 Å². The molecule has 0 bridgehead atoms. The van der Waals surface area contributed by atoms with Gasteiger partial charge in [-0.05, 0) is 41.2 Å². The van der Waals surface area contributed by atoms with Crippen LogP contribution in [0, 0.1) is 11.2 Å². The summed E-state index contributed by atoms with van der Waals surface area (Å²) in [5.74, 6) is 0.939. The number of nitrogens with one attached hydrogen (secondary N) is 1. The third-order valence-corrected chi connectivity index (χ3v) is 7.23. The molecule has 0 spiro atoms. The fourth-order valence-electron chi connectivity index (χ4n) is 4.36. The van der Waals surface area contributed by atoms with Crippen LogP contribution in [0.4, 0.5) is 10.3 Å². The van der Waals surface area contributed by atoms with E-state index in [-0.39, 0.29) is 23.1 Å². The first-order valence-corrected chi connectivity index (χ1v) is 12.2. The second-order valence-corrected chi connectivity index (χ2v) is 10.8. The summed E-state index contributed by atoms with van der Waals surface area (Å²) in [5.41, 5.74) is 3.15. The number of fused-ring (bicyclic) bond motifs is 1. The molecule has 0 unspecified atom stereocenters. The Morgan fingerprint density at radius 1 is 1.19 bits per heavy atom. The average Bonchev–Trinajstić information content (AvgIpc) is 3.14. The van der Waals surface area contributed by atoms with Gasteiger partial charge < -0.3 is 5.32 Å². The van der Waals surface area contributed by atoms with Crippen molar-refractivity contribution in [1.82, 2.24) is 14.8 Å². The van der Waals surface area contributed by atoms with Crippen molar-refractivity contribution in [2.75, 3.05) is 5.32 Å². The minimum absolute atomic E-state index is 0.113. The average molecular weight is 513 g/mol. The monoisotopic (exact) mass is 512 g/mol. The van der Waals surface area contributed by atoms with Crippen molar-refractivity contribution >= 4 is 39.4 Å². The van der Waals surface area contributed by atoms with Gasteiger partial charge in [-0.15, -0.1) is 5.10 Å². The number of allylic oxidation sites excluding steroid dienone is 2. The molecule has 0 fully saturated rings. The van der Waals surface area contributed by atoms with Crippen molar-refractivity contribution in [3.8, 4) is 0 Å². The van der Waals surface area contributed by atoms with Crippen LogP contribution in [0.5, 0.6) is 0 Å². The minimum Gasteiger partial charge on any atom is -0.328 e. The Balaban J connectivity index is 1.53. The molecule has 0 radical (unpaired) electrons. The smallest absolute Gasteiger partial charge is 0.227 e. The number of nitrogens with zero attached hydrogens (tertiary/aromatic N) is 3. The molecule has 5 nitrogen and oxygen atoms in total. The van der Waals surface area contributed by atoms with E-state index in [0.717, 1.165) is 27.7 Å². The van der Waals surface area contributed by atoms with Crippen LogP contribution in [0.2, 0.25) is 0 Å². The normalized spacial score (nSPS) is 19.4. The highest BCUT2D eigenvalue weighted by Crippen LogP contribution is 2.45. The van der Waals surface area contributed by atoms with Crippen LogP contribution in [0.3, 0.4) is 0 Å². The second kappa shape index (κ2) is 8.15. The highest BCUT2D eigenvalue weighted by atomic mass is 79.9. The molecular formula is C24H22BrFN4OS. The topological polar surface area (TPSA) is 59.8 Å². The van der Waals surface area contributed by atoms with Crippen molar-refractivity contribution in [1.29, 1.82) is 0 Å². The first-order valence-electron chi connectivity index (χ1n) is 10.4. The zero-order valence-corrected chi connectivity index (χ0v) is 20.1. The molecule has 1 aromatic heterocycles. The van der Waals surface area contributed by atoms with E-state index in [4.69, 9.17) is 5.10 Å². The van der Waals surface area contributed by atoms with Gasteiger partial charge in [-0.1, -0.05) is 71.9 Å². The molecule has 8 heteroatoms. The number of hydrogen-bond donors (Lipinski definition) is 1. The number of rotatable bonds is 4. The number of ketones is 1. The fourth-order valence-corrected chi connectivity index (χ4v) is 5.44. The van der Waals surface area contributed by atoms with Crippen LogP contribution < -0.4 is 5.32 Å². The lowest BCUT2D eigenvalue weighted by Crippen LogP contribution is -2.36. The van der Waals surface area contributed by atoms with Gasteiger partial charge in [0.05, 0.1) is 0 Å². The summed E-state index contributed by atoms with van der Waals surface area (Å²) >= 11 is 4.87. The molecular weight excluding hydrogens is 491 g/mol. The quantitative estimate of drug-likeness (QED) is 0.426. The molecule has 0 saturated heterocycles. The third-order valence-electron chi connectivity index (χ3n) is 5.81. The summed E-state index contributed by atoms with van der Waals surface area (Å²) in [7, 11) is 0. The van der Waals surface area contributed by atoms with E-state index >= 15 is 0 Å². The number of benzene rings is 2. The van der Waals surface area contributed by atoms with Gasteiger partial charge in [0.1, 0.15) is 11.9 Å². The molecule has 2 heterocycles. The lowest BCUT2D eigenvalue weighted by atomic mass is 9.73. The molecule has 2 aromatic carbocycles. The first-order chi connectivity index (χ1) is 15.3. The Labute approximate surface area is 198 Å². The Morgan fingerprint density at radius 2 is 1.94 bits per heavy atom. The molecule has 0 amide bonds. The van der Waals surface area contributed by atoms with E-state index in [1.165, 1.54) is 17.8 Å². The predicted molar refractivity (Wildman–Crippen MR) is 127 cm³/mol. The third kappa shape index (κ3) is 4.01. The van der Waals surface area contributed by atoms with Gasteiger partial charge in [0.25, 0.3) is 0 Å². The van der Waals surface area contributed by atoms with Crippen molar-refractivity contribution in [3.05, 3.63) is 81.2 Å². The SMILES string of the molecule is CC1(C)CC(=O)C2=C(C1)Nc1nc(SCc3ccccc3F)nn1[C@@H]2c1ccc(Br)cc1. The summed E-state index contributed by atoms with van der Waals surface area (Å²) in [6.07, 6.45) is 1.27. The van der Waals surface area contributed by atoms with Crippen LogP contribution in [0.25, 0.3) is 0 Å². The van der Waals surface area contributed by atoms with Crippen molar-refractivity contribution in [2.24, 2.45) is 5.41 Å². The van der Waals surface area contributed by atoms with E-state index in [1.807, 2.05) is 30.3 Å². The summed E-state index contributed by atoms with van der Waals surface area (Å²) in [6, 6.07) is 14.3. The van der Waals surface area contributed by atoms with Gasteiger partial charge in [-0.2, -0.15) is 4.98 Å². The lowest BCUT2D eigenvalue weighted by Gasteiger charge is -2.38. The van der Waals surface area contributed by atoms with Crippen LogP contribution >= 0.6 is 27.7 Å². The molecule has 1 aliphatic heterocycles. The van der Waals surface area contributed by atoms with E-state index in [0.29, 0.717) is 28.8 Å². The summed E-state index contributed by atoms with van der Waals surface area (Å²) in [6.45, 7) is 4.22. The molecule has 5 rings (SSSR count). The van der Waals surface area contributed by atoms with Gasteiger partial charge in [-0.3, -0.25) is 4.79 Å². The lowest BCUT2D eigenvalue weighted by molar-refractivity contribution is -0.118. The molecule has 3 aromatic rings. The first kappa shape index (κ1) is 21.4. The maximum Gasteiger partial charge on any atom is 0.227 e. The highest BCUT2D eigenvalue weighted by molar-refractivity contribution is 9.10.